The van der Waals surface area contributed by atoms with Gasteiger partial charge < -0.3 is 5.11 Å². The Labute approximate surface area is 169 Å². The third-order valence-electron chi connectivity index (χ3n) is 5.53. The molecule has 2 heterocycles. The molecule has 1 aliphatic rings. The van der Waals surface area contributed by atoms with Crippen molar-refractivity contribution in [3.05, 3.63) is 47.8 Å². The Morgan fingerprint density at radius 1 is 1.18 bits per heavy atom. The van der Waals surface area contributed by atoms with Crippen molar-refractivity contribution in [3.63, 3.8) is 0 Å². The number of hydrogen-bond acceptors (Lipinski definition) is 5. The first kappa shape index (κ1) is 20.9. The topological polar surface area (TPSA) is 52.5 Å². The van der Waals surface area contributed by atoms with E-state index in [0.717, 1.165) is 62.0 Å². The molecule has 3 rings (SSSR count). The largest absolute Gasteiger partial charge is 0.396 e. The summed E-state index contributed by atoms with van der Waals surface area (Å²) in [5, 5.41) is 9.48. The molecule has 0 amide bonds. The normalized spacial score (nSPS) is 18.7. The van der Waals surface area contributed by atoms with Crippen LogP contribution >= 0.6 is 0 Å². The molecule has 1 aliphatic heterocycles. The summed E-state index contributed by atoms with van der Waals surface area (Å²) in [4.78, 5) is 14.2. The molecule has 0 aliphatic carbocycles. The second-order valence-corrected chi connectivity index (χ2v) is 8.40. The van der Waals surface area contributed by atoms with Crippen LogP contribution in [0.5, 0.6) is 0 Å². The summed E-state index contributed by atoms with van der Waals surface area (Å²) < 4.78 is 0. The highest BCUT2D eigenvalue weighted by Crippen LogP contribution is 2.19. The zero-order valence-electron chi connectivity index (χ0n) is 17.5. The lowest BCUT2D eigenvalue weighted by atomic mass is 10.1. The summed E-state index contributed by atoms with van der Waals surface area (Å²) in [6.45, 7) is 12.0. The fourth-order valence-electron chi connectivity index (χ4n) is 3.87. The zero-order chi connectivity index (χ0) is 19.9. The molecule has 28 heavy (non-hydrogen) atoms. The molecule has 152 valence electrons. The van der Waals surface area contributed by atoms with Gasteiger partial charge in [0, 0.05) is 62.3 Å². The standard InChI is InChI=1S/C23H34N4O/c1-18(2)7-9-27-11-10-26(17-22(27)8-12-28)16-20-14-24-23(25-15-20)21-6-4-5-19(3)13-21/h4-6,13-15,18,22,28H,7-12,16-17H2,1-3H3/t22-/m1/s1. The van der Waals surface area contributed by atoms with E-state index >= 15 is 0 Å². The number of aliphatic hydroxyl groups excluding tert-OH is 1. The van der Waals surface area contributed by atoms with Gasteiger partial charge in [0.15, 0.2) is 5.82 Å². The highest BCUT2D eigenvalue weighted by molar-refractivity contribution is 5.55. The van der Waals surface area contributed by atoms with Crippen molar-refractivity contribution >= 4 is 0 Å². The molecule has 0 saturated carbocycles. The Bertz CT molecular complexity index is 732. The Morgan fingerprint density at radius 3 is 2.64 bits per heavy atom. The Hall–Kier alpha value is -1.82. The number of aliphatic hydroxyl groups is 1. The van der Waals surface area contributed by atoms with E-state index in [9.17, 15) is 5.11 Å². The fourth-order valence-corrected chi connectivity index (χ4v) is 3.87. The number of rotatable bonds is 8. The van der Waals surface area contributed by atoms with Gasteiger partial charge in [-0.2, -0.15) is 0 Å². The molecular weight excluding hydrogens is 348 g/mol. The van der Waals surface area contributed by atoms with Gasteiger partial charge in [-0.15, -0.1) is 0 Å². The quantitative estimate of drug-likeness (QED) is 0.759. The van der Waals surface area contributed by atoms with Gasteiger partial charge in [0.1, 0.15) is 0 Å². The van der Waals surface area contributed by atoms with Crippen molar-refractivity contribution < 1.29 is 5.11 Å². The zero-order valence-corrected chi connectivity index (χ0v) is 17.5. The van der Waals surface area contributed by atoms with E-state index in [1.807, 2.05) is 18.5 Å². The van der Waals surface area contributed by atoms with Gasteiger partial charge in [0.25, 0.3) is 0 Å². The molecule has 5 nitrogen and oxygen atoms in total. The maximum Gasteiger partial charge on any atom is 0.159 e. The molecule has 0 radical (unpaired) electrons. The molecule has 1 saturated heterocycles. The van der Waals surface area contributed by atoms with Crippen LogP contribution in [-0.2, 0) is 6.54 Å². The molecule has 1 aromatic heterocycles. The second-order valence-electron chi connectivity index (χ2n) is 8.40. The van der Waals surface area contributed by atoms with Crippen molar-refractivity contribution in [1.82, 2.24) is 19.8 Å². The molecule has 0 spiro atoms. The first-order valence-electron chi connectivity index (χ1n) is 10.5. The monoisotopic (exact) mass is 382 g/mol. The summed E-state index contributed by atoms with van der Waals surface area (Å²) in [5.74, 6) is 1.50. The maximum atomic E-state index is 9.48. The Balaban J connectivity index is 1.59. The predicted molar refractivity (Wildman–Crippen MR) is 114 cm³/mol. The van der Waals surface area contributed by atoms with Crippen LogP contribution in [0, 0.1) is 12.8 Å². The van der Waals surface area contributed by atoms with Crippen molar-refractivity contribution in [3.8, 4) is 11.4 Å². The van der Waals surface area contributed by atoms with Crippen molar-refractivity contribution in [2.24, 2.45) is 5.92 Å². The van der Waals surface area contributed by atoms with E-state index in [1.165, 1.54) is 12.0 Å². The van der Waals surface area contributed by atoms with Crippen LogP contribution < -0.4 is 0 Å². The number of nitrogens with zero attached hydrogens (tertiary/aromatic N) is 4. The van der Waals surface area contributed by atoms with Gasteiger partial charge >= 0.3 is 0 Å². The van der Waals surface area contributed by atoms with Gasteiger partial charge in [-0.3, -0.25) is 9.80 Å². The van der Waals surface area contributed by atoms with E-state index in [0.29, 0.717) is 6.04 Å². The van der Waals surface area contributed by atoms with E-state index in [2.05, 4.69) is 58.7 Å². The minimum absolute atomic E-state index is 0.255. The number of aryl methyl sites for hydroxylation is 1. The molecule has 2 aromatic rings. The van der Waals surface area contributed by atoms with Gasteiger partial charge in [-0.05, 0) is 38.3 Å². The maximum absolute atomic E-state index is 9.48. The van der Waals surface area contributed by atoms with Crippen LogP contribution in [-0.4, -0.2) is 63.7 Å². The number of benzene rings is 1. The molecule has 0 unspecified atom stereocenters. The lowest BCUT2D eigenvalue weighted by molar-refractivity contribution is 0.0523. The van der Waals surface area contributed by atoms with Crippen LogP contribution in [0.1, 0.15) is 37.8 Å². The lowest BCUT2D eigenvalue weighted by Crippen LogP contribution is -2.53. The van der Waals surface area contributed by atoms with Crippen LogP contribution in [0.15, 0.2) is 36.7 Å². The lowest BCUT2D eigenvalue weighted by Gasteiger charge is -2.41. The van der Waals surface area contributed by atoms with Gasteiger partial charge in [-0.25, -0.2) is 9.97 Å². The molecule has 1 fully saturated rings. The summed E-state index contributed by atoms with van der Waals surface area (Å²) in [6.07, 6.45) is 5.97. The molecule has 5 heteroatoms. The van der Waals surface area contributed by atoms with E-state index in [1.54, 1.807) is 0 Å². The third kappa shape index (κ3) is 5.84. The van der Waals surface area contributed by atoms with Crippen LogP contribution in [0.3, 0.4) is 0 Å². The molecule has 1 atom stereocenters. The molecule has 0 bridgehead atoms. The van der Waals surface area contributed by atoms with Crippen LogP contribution in [0.2, 0.25) is 0 Å². The highest BCUT2D eigenvalue weighted by Gasteiger charge is 2.26. The molecule has 1 aromatic carbocycles. The molecular formula is C23H34N4O. The Morgan fingerprint density at radius 2 is 1.96 bits per heavy atom. The van der Waals surface area contributed by atoms with E-state index in [-0.39, 0.29) is 6.61 Å². The fraction of sp³-hybridized carbons (Fsp3) is 0.565. The smallest absolute Gasteiger partial charge is 0.159 e. The predicted octanol–water partition coefficient (Wildman–Crippen LogP) is 3.37. The van der Waals surface area contributed by atoms with Gasteiger partial charge in [0.2, 0.25) is 0 Å². The van der Waals surface area contributed by atoms with Gasteiger partial charge in [0.05, 0.1) is 0 Å². The average molecular weight is 383 g/mol. The van der Waals surface area contributed by atoms with E-state index < -0.39 is 0 Å². The molecule has 1 N–H and O–H groups in total. The number of hydrogen-bond donors (Lipinski definition) is 1. The number of piperazine rings is 1. The Kier molecular flexibility index (Phi) is 7.54. The first-order valence-corrected chi connectivity index (χ1v) is 10.5. The van der Waals surface area contributed by atoms with Gasteiger partial charge in [-0.1, -0.05) is 37.6 Å². The van der Waals surface area contributed by atoms with Crippen LogP contribution in [0.25, 0.3) is 11.4 Å². The third-order valence-corrected chi connectivity index (χ3v) is 5.53. The van der Waals surface area contributed by atoms with Crippen LogP contribution in [0.4, 0.5) is 0 Å². The summed E-state index contributed by atoms with van der Waals surface area (Å²) >= 11 is 0. The van der Waals surface area contributed by atoms with Crippen molar-refractivity contribution in [1.29, 1.82) is 0 Å². The minimum atomic E-state index is 0.255. The first-order chi connectivity index (χ1) is 13.5. The second kappa shape index (κ2) is 10.1. The summed E-state index contributed by atoms with van der Waals surface area (Å²) in [5.41, 5.74) is 3.43. The SMILES string of the molecule is Cc1cccc(-c2ncc(CN3CCN(CCC(C)C)[C@H](CCO)C3)cn2)c1. The number of aromatic nitrogens is 2. The van der Waals surface area contributed by atoms with Crippen molar-refractivity contribution in [2.45, 2.75) is 46.2 Å². The average Bonchev–Trinajstić information content (AvgIpc) is 2.68. The van der Waals surface area contributed by atoms with Crippen molar-refractivity contribution in [2.75, 3.05) is 32.8 Å². The highest BCUT2D eigenvalue weighted by atomic mass is 16.3. The summed E-state index contributed by atoms with van der Waals surface area (Å²) in [7, 11) is 0. The minimum Gasteiger partial charge on any atom is -0.396 e. The summed E-state index contributed by atoms with van der Waals surface area (Å²) in [6, 6.07) is 8.73. The van der Waals surface area contributed by atoms with E-state index in [4.69, 9.17) is 0 Å².